The van der Waals surface area contributed by atoms with Gasteiger partial charge in [-0.05, 0) is 63.1 Å². The Morgan fingerprint density at radius 3 is 2.10 bits per heavy atom. The summed E-state index contributed by atoms with van der Waals surface area (Å²) < 4.78 is 12.6. The molecule has 0 aliphatic heterocycles. The van der Waals surface area contributed by atoms with Gasteiger partial charge in [0.05, 0.1) is 5.56 Å². The molecule has 5 nitrogen and oxygen atoms in total. The van der Waals surface area contributed by atoms with E-state index in [9.17, 15) is 9.90 Å². The molecule has 3 heterocycles. The van der Waals surface area contributed by atoms with E-state index in [4.69, 9.17) is 13.8 Å². The van der Waals surface area contributed by atoms with E-state index in [1.54, 1.807) is 0 Å². The fraction of sp³-hybridized carbons (Fsp3) is 0.391. The molecule has 0 unspecified atom stereocenters. The zero-order valence-corrected chi connectivity index (χ0v) is 35.1. The summed E-state index contributed by atoms with van der Waals surface area (Å²) in [5.74, 6) is 1.99. The van der Waals surface area contributed by atoms with Crippen molar-refractivity contribution in [3.8, 4) is 22.6 Å². The SMILES string of the molecule is CCC(C)(CC)C(=O)/C=C(\O)C(C)(CC)CC.Cc1cc2cccc(-c3oc4c(-c5[c-]c6ccccc6c(C(C)(C)C)c5)nccc4c3C)c2o1.[Ir]. The molecular weight excluding hydrogens is 823 g/mol. The van der Waals surface area contributed by atoms with Crippen molar-refractivity contribution in [1.29, 1.82) is 0 Å². The number of rotatable bonds is 9. The molecule has 0 saturated heterocycles. The predicted octanol–water partition coefficient (Wildman–Crippen LogP) is 13.4. The second kappa shape index (κ2) is 15.9. The minimum absolute atomic E-state index is 0. The van der Waals surface area contributed by atoms with Crippen molar-refractivity contribution in [1.82, 2.24) is 4.98 Å². The summed E-state index contributed by atoms with van der Waals surface area (Å²) >= 11 is 0. The van der Waals surface area contributed by atoms with Gasteiger partial charge in [-0.15, -0.1) is 29.1 Å². The third-order valence-corrected chi connectivity index (χ3v) is 11.2. The van der Waals surface area contributed by atoms with Gasteiger partial charge in [0.1, 0.15) is 28.4 Å². The monoisotopic (exact) mass is 877 g/mol. The molecule has 6 aromatic rings. The van der Waals surface area contributed by atoms with E-state index in [0.29, 0.717) is 0 Å². The van der Waals surface area contributed by atoms with Gasteiger partial charge in [0.2, 0.25) is 0 Å². The number of benzene rings is 3. The van der Waals surface area contributed by atoms with E-state index >= 15 is 0 Å². The molecule has 3 aromatic carbocycles. The van der Waals surface area contributed by atoms with Gasteiger partial charge in [-0.1, -0.05) is 104 Å². The minimum Gasteiger partial charge on any atom is -0.512 e. The third-order valence-electron chi connectivity index (χ3n) is 11.2. The van der Waals surface area contributed by atoms with Crippen LogP contribution in [0.3, 0.4) is 0 Å². The van der Waals surface area contributed by atoms with Gasteiger partial charge in [0.25, 0.3) is 0 Å². The number of hydrogen-bond acceptors (Lipinski definition) is 5. The standard InChI is InChI=1S/C31H26NO2.C15H28O2.Ir/c1-18-15-21-10-8-12-25(29(21)33-18)28-19(2)23-13-14-32-27(30(23)34-28)22-16-20-9-6-7-11-24(20)26(17-22)31(3,4)5;1-7-14(5,8-2)12(16)11-13(17)15(6,9-3)10-4;/h6-15,17H,1-5H3;11,16H,7-10H2,1-6H3;/q-1;;/b;12-11-;. The van der Waals surface area contributed by atoms with Gasteiger partial charge in [0.15, 0.2) is 5.78 Å². The zero-order chi connectivity index (χ0) is 37.3. The smallest absolute Gasteiger partial charge is 0.164 e. The average molecular weight is 877 g/mol. The molecule has 1 N–H and O–H groups in total. The van der Waals surface area contributed by atoms with Crippen LogP contribution in [0.15, 0.2) is 87.5 Å². The number of aliphatic hydroxyl groups excluding tert-OH is 1. The number of para-hydroxylation sites is 1. The van der Waals surface area contributed by atoms with Crippen LogP contribution in [0.2, 0.25) is 0 Å². The van der Waals surface area contributed by atoms with E-state index in [0.717, 1.165) is 86.9 Å². The molecule has 0 amide bonds. The van der Waals surface area contributed by atoms with Crippen LogP contribution in [0.5, 0.6) is 0 Å². The minimum atomic E-state index is -0.337. The van der Waals surface area contributed by atoms with Crippen LogP contribution in [0.4, 0.5) is 0 Å². The molecule has 277 valence electrons. The Morgan fingerprint density at radius 1 is 0.808 bits per heavy atom. The van der Waals surface area contributed by atoms with Crippen molar-refractivity contribution in [3.05, 3.63) is 102 Å². The first kappa shape index (κ1) is 40.8. The maximum Gasteiger partial charge on any atom is 0.164 e. The molecule has 0 spiro atoms. The van der Waals surface area contributed by atoms with E-state index in [1.807, 2.05) is 66.8 Å². The van der Waals surface area contributed by atoms with Gasteiger partial charge in [0, 0.05) is 65.2 Å². The van der Waals surface area contributed by atoms with E-state index < -0.39 is 0 Å². The number of aryl methyl sites for hydroxylation is 2. The Balaban J connectivity index is 0.000000289. The maximum atomic E-state index is 12.2. The number of aliphatic hydroxyl groups is 1. The number of furan rings is 2. The van der Waals surface area contributed by atoms with Crippen LogP contribution in [0, 0.1) is 30.7 Å². The summed E-state index contributed by atoms with van der Waals surface area (Å²) in [5.41, 5.74) is 6.08. The molecular formula is C46H54IrNO4-. The number of nitrogens with zero attached hydrogens (tertiary/aromatic N) is 1. The Hall–Kier alpha value is -3.99. The summed E-state index contributed by atoms with van der Waals surface area (Å²) in [6, 6.07) is 24.5. The average Bonchev–Trinajstić information content (AvgIpc) is 3.68. The Kier molecular flexibility index (Phi) is 12.5. The maximum absolute atomic E-state index is 12.2. The summed E-state index contributed by atoms with van der Waals surface area (Å²) in [4.78, 5) is 17.0. The third kappa shape index (κ3) is 7.84. The number of aromatic nitrogens is 1. The second-order valence-corrected chi connectivity index (χ2v) is 15.5. The summed E-state index contributed by atoms with van der Waals surface area (Å²) in [7, 11) is 0. The molecule has 0 fully saturated rings. The van der Waals surface area contributed by atoms with E-state index in [-0.39, 0.29) is 47.9 Å². The van der Waals surface area contributed by atoms with E-state index in [1.165, 1.54) is 17.0 Å². The molecule has 3 aromatic heterocycles. The largest absolute Gasteiger partial charge is 0.512 e. The van der Waals surface area contributed by atoms with Crippen molar-refractivity contribution in [3.63, 3.8) is 0 Å². The number of carbonyl (C=O) groups excluding carboxylic acids is 1. The molecule has 0 aliphatic rings. The normalized spacial score (nSPS) is 12.6. The van der Waals surface area contributed by atoms with Gasteiger partial charge in [-0.2, -0.15) is 0 Å². The van der Waals surface area contributed by atoms with Crippen LogP contribution in [0.25, 0.3) is 55.3 Å². The van der Waals surface area contributed by atoms with Crippen molar-refractivity contribution >= 4 is 38.5 Å². The molecule has 0 bridgehead atoms. The van der Waals surface area contributed by atoms with Gasteiger partial charge < -0.3 is 13.9 Å². The molecule has 6 heteroatoms. The van der Waals surface area contributed by atoms with Gasteiger partial charge in [-0.25, -0.2) is 0 Å². The summed E-state index contributed by atoms with van der Waals surface area (Å²) in [6.45, 7) is 22.9. The number of carbonyl (C=O) groups is 1. The van der Waals surface area contributed by atoms with E-state index in [2.05, 4.69) is 82.3 Å². The Bertz CT molecular complexity index is 2220. The molecule has 0 atom stereocenters. The number of fused-ring (bicyclic) bond motifs is 3. The quantitative estimate of drug-likeness (QED) is 0.0889. The van der Waals surface area contributed by atoms with Crippen LogP contribution in [0.1, 0.15) is 105 Å². The fourth-order valence-electron chi connectivity index (χ4n) is 6.63. The molecule has 6 rings (SSSR count). The van der Waals surface area contributed by atoms with Crippen molar-refractivity contribution < 1.29 is 38.8 Å². The van der Waals surface area contributed by atoms with Gasteiger partial charge >= 0.3 is 0 Å². The summed E-state index contributed by atoms with van der Waals surface area (Å²) in [5, 5.41) is 14.6. The molecule has 52 heavy (non-hydrogen) atoms. The Labute approximate surface area is 323 Å². The predicted molar refractivity (Wildman–Crippen MR) is 212 cm³/mol. The number of hydrogen-bond donors (Lipinski definition) is 1. The van der Waals surface area contributed by atoms with Gasteiger partial charge in [-0.3, -0.25) is 9.78 Å². The number of ketones is 1. The van der Waals surface area contributed by atoms with Crippen molar-refractivity contribution in [2.45, 2.75) is 107 Å². The fourth-order valence-corrected chi connectivity index (χ4v) is 6.63. The van der Waals surface area contributed by atoms with Crippen LogP contribution < -0.4 is 0 Å². The van der Waals surface area contributed by atoms with Crippen molar-refractivity contribution in [2.24, 2.45) is 10.8 Å². The number of pyridine rings is 1. The molecule has 0 saturated carbocycles. The first-order chi connectivity index (χ1) is 24.1. The number of allylic oxidation sites excluding steroid dienone is 2. The van der Waals surface area contributed by atoms with Crippen LogP contribution in [-0.4, -0.2) is 15.9 Å². The zero-order valence-electron chi connectivity index (χ0n) is 32.7. The molecule has 0 aliphatic carbocycles. The van der Waals surface area contributed by atoms with Crippen LogP contribution in [-0.2, 0) is 30.3 Å². The first-order valence-corrected chi connectivity index (χ1v) is 18.4. The molecule has 1 radical (unpaired) electrons. The Morgan fingerprint density at radius 2 is 1.46 bits per heavy atom. The first-order valence-electron chi connectivity index (χ1n) is 18.4. The van der Waals surface area contributed by atoms with Crippen LogP contribution >= 0.6 is 0 Å². The van der Waals surface area contributed by atoms with Crippen molar-refractivity contribution in [2.75, 3.05) is 0 Å². The second-order valence-electron chi connectivity index (χ2n) is 15.5. The topological polar surface area (TPSA) is 76.5 Å². The summed E-state index contributed by atoms with van der Waals surface area (Å²) in [6.07, 6.45) is 6.62.